The summed E-state index contributed by atoms with van der Waals surface area (Å²) in [6.07, 6.45) is 2.62. The summed E-state index contributed by atoms with van der Waals surface area (Å²) in [4.78, 5) is 7.82. The number of fused-ring (bicyclic) bond motifs is 1. The van der Waals surface area contributed by atoms with Crippen molar-refractivity contribution in [3.8, 4) is 22.9 Å². The van der Waals surface area contributed by atoms with Gasteiger partial charge in [-0.15, -0.1) is 0 Å². The number of nitrogens with zero attached hydrogens (tertiary/aromatic N) is 1. The molecule has 1 N–H and O–H groups in total. The molecule has 3 nitrogen and oxygen atoms in total. The molecule has 1 heterocycles. The molecule has 3 aromatic carbocycles. The minimum Gasteiger partial charge on any atom is -0.426 e. The molecule has 1 saturated carbocycles. The van der Waals surface area contributed by atoms with Gasteiger partial charge in [0.2, 0.25) is 0 Å². The molecule has 0 aliphatic heterocycles. The van der Waals surface area contributed by atoms with Crippen LogP contribution >= 0.6 is 11.6 Å². The van der Waals surface area contributed by atoms with Crippen molar-refractivity contribution in [3.05, 3.63) is 76.3 Å². The van der Waals surface area contributed by atoms with Gasteiger partial charge in [0.1, 0.15) is 5.75 Å². The normalized spacial score (nSPS) is 13.8. The molecule has 0 saturated heterocycles. The monoisotopic (exact) mass is 388 g/mol. The number of ether oxygens (including phenoxy) is 1. The van der Waals surface area contributed by atoms with Gasteiger partial charge in [0.05, 0.1) is 16.1 Å². The van der Waals surface area contributed by atoms with Crippen LogP contribution in [0.2, 0.25) is 5.02 Å². The largest absolute Gasteiger partial charge is 0.426 e. The summed E-state index contributed by atoms with van der Waals surface area (Å²) < 4.78 is 5.92. The van der Waals surface area contributed by atoms with Crippen molar-refractivity contribution in [2.24, 2.45) is 0 Å². The second kappa shape index (κ2) is 6.68. The van der Waals surface area contributed by atoms with E-state index in [-0.39, 0.29) is 0 Å². The first-order chi connectivity index (χ1) is 13.6. The van der Waals surface area contributed by atoms with Gasteiger partial charge >= 0.3 is 0 Å². The van der Waals surface area contributed by atoms with E-state index in [0.717, 1.165) is 33.8 Å². The van der Waals surface area contributed by atoms with E-state index in [9.17, 15) is 0 Å². The molecule has 1 fully saturated rings. The molecular formula is C24H21ClN2O. The number of aromatic amines is 1. The highest BCUT2D eigenvalue weighted by molar-refractivity contribution is 6.34. The smallest absolute Gasteiger partial charge is 0.300 e. The number of imidazole rings is 1. The Morgan fingerprint density at radius 3 is 2.46 bits per heavy atom. The summed E-state index contributed by atoms with van der Waals surface area (Å²) in [6, 6.07) is 19.2. The highest BCUT2D eigenvalue weighted by atomic mass is 35.5. The van der Waals surface area contributed by atoms with Gasteiger partial charge in [-0.2, -0.15) is 4.98 Å². The minimum absolute atomic E-state index is 0.468. The van der Waals surface area contributed by atoms with Gasteiger partial charge < -0.3 is 9.72 Å². The Kier molecular flexibility index (Phi) is 4.13. The third kappa shape index (κ3) is 3.27. The van der Waals surface area contributed by atoms with Crippen LogP contribution in [-0.2, 0) is 0 Å². The minimum atomic E-state index is 0.468. The Labute approximate surface area is 169 Å². The van der Waals surface area contributed by atoms with Gasteiger partial charge in [-0.05, 0) is 79.1 Å². The maximum Gasteiger partial charge on any atom is 0.300 e. The zero-order chi connectivity index (χ0) is 19.3. The van der Waals surface area contributed by atoms with Crippen LogP contribution in [0.3, 0.4) is 0 Å². The number of halogens is 1. The molecule has 0 atom stereocenters. The second-order valence-electron chi connectivity index (χ2n) is 7.64. The van der Waals surface area contributed by atoms with E-state index in [1.165, 1.54) is 29.5 Å². The molecule has 0 unspecified atom stereocenters. The molecule has 5 rings (SSSR count). The SMILES string of the molecule is Cc1ccc(Oc2nc3cc(-c4ccc(C5CC5)cc4)c(Cl)cc3[nH]2)cc1C. The van der Waals surface area contributed by atoms with Gasteiger partial charge in [0.15, 0.2) is 0 Å². The molecule has 0 radical (unpaired) electrons. The number of hydrogen-bond acceptors (Lipinski definition) is 2. The first-order valence-electron chi connectivity index (χ1n) is 9.61. The molecule has 0 amide bonds. The molecule has 4 aromatic rings. The molecule has 4 heteroatoms. The summed E-state index contributed by atoms with van der Waals surface area (Å²) in [5.74, 6) is 1.52. The Morgan fingerprint density at radius 1 is 0.964 bits per heavy atom. The average molecular weight is 389 g/mol. The lowest BCUT2D eigenvalue weighted by Gasteiger charge is -2.06. The third-order valence-electron chi connectivity index (χ3n) is 5.51. The third-order valence-corrected chi connectivity index (χ3v) is 5.83. The first-order valence-corrected chi connectivity index (χ1v) is 9.99. The van der Waals surface area contributed by atoms with Crippen molar-refractivity contribution in [2.75, 3.05) is 0 Å². The maximum absolute atomic E-state index is 6.57. The highest BCUT2D eigenvalue weighted by Gasteiger charge is 2.23. The van der Waals surface area contributed by atoms with E-state index in [1.54, 1.807) is 0 Å². The van der Waals surface area contributed by atoms with Gasteiger partial charge in [-0.3, -0.25) is 0 Å². The fraction of sp³-hybridized carbons (Fsp3) is 0.208. The van der Waals surface area contributed by atoms with Crippen LogP contribution in [0, 0.1) is 13.8 Å². The van der Waals surface area contributed by atoms with E-state index in [1.807, 2.05) is 30.3 Å². The topological polar surface area (TPSA) is 37.9 Å². The van der Waals surface area contributed by atoms with Crippen LogP contribution in [0.25, 0.3) is 22.2 Å². The average Bonchev–Trinajstić information content (AvgIpc) is 3.46. The molecule has 0 bridgehead atoms. The van der Waals surface area contributed by atoms with E-state index in [0.29, 0.717) is 11.0 Å². The Bertz CT molecular complexity index is 1170. The first kappa shape index (κ1) is 17.3. The number of nitrogens with one attached hydrogen (secondary N) is 1. The van der Waals surface area contributed by atoms with E-state index < -0.39 is 0 Å². The number of aromatic nitrogens is 2. The Balaban J connectivity index is 1.47. The summed E-state index contributed by atoms with van der Waals surface area (Å²) >= 11 is 6.57. The van der Waals surface area contributed by atoms with Crippen molar-refractivity contribution in [1.82, 2.24) is 9.97 Å². The van der Waals surface area contributed by atoms with Gasteiger partial charge in [0.25, 0.3) is 6.01 Å². The summed E-state index contributed by atoms with van der Waals surface area (Å²) in [5, 5.41) is 0.702. The number of H-pyrrole nitrogens is 1. The number of hydrogen-bond donors (Lipinski definition) is 1. The van der Waals surface area contributed by atoms with Gasteiger partial charge in [-0.1, -0.05) is 41.9 Å². The highest BCUT2D eigenvalue weighted by Crippen LogP contribution is 2.41. The van der Waals surface area contributed by atoms with Gasteiger partial charge in [-0.25, -0.2) is 0 Å². The van der Waals surface area contributed by atoms with E-state index in [2.05, 4.69) is 48.1 Å². The molecular weight excluding hydrogens is 368 g/mol. The molecule has 1 aromatic heterocycles. The maximum atomic E-state index is 6.57. The van der Waals surface area contributed by atoms with E-state index in [4.69, 9.17) is 16.3 Å². The molecule has 140 valence electrons. The lowest BCUT2D eigenvalue weighted by Crippen LogP contribution is -1.88. The van der Waals surface area contributed by atoms with Crippen LogP contribution in [0.4, 0.5) is 0 Å². The second-order valence-corrected chi connectivity index (χ2v) is 8.04. The van der Waals surface area contributed by atoms with Gasteiger partial charge in [0, 0.05) is 5.56 Å². The fourth-order valence-electron chi connectivity index (χ4n) is 3.52. The Hall–Kier alpha value is -2.78. The van der Waals surface area contributed by atoms with Crippen molar-refractivity contribution >= 4 is 22.6 Å². The predicted molar refractivity (Wildman–Crippen MR) is 115 cm³/mol. The summed E-state index contributed by atoms with van der Waals surface area (Å²) in [6.45, 7) is 4.16. The van der Waals surface area contributed by atoms with Crippen molar-refractivity contribution in [3.63, 3.8) is 0 Å². The molecule has 28 heavy (non-hydrogen) atoms. The zero-order valence-corrected chi connectivity index (χ0v) is 16.7. The molecule has 1 aliphatic rings. The van der Waals surface area contributed by atoms with Crippen LogP contribution < -0.4 is 4.74 Å². The van der Waals surface area contributed by atoms with Crippen molar-refractivity contribution in [2.45, 2.75) is 32.6 Å². The number of aryl methyl sites for hydroxylation is 2. The van der Waals surface area contributed by atoms with Crippen LogP contribution in [0.1, 0.15) is 35.4 Å². The zero-order valence-electron chi connectivity index (χ0n) is 15.9. The van der Waals surface area contributed by atoms with Crippen LogP contribution in [0.5, 0.6) is 11.8 Å². The number of benzene rings is 3. The summed E-state index contributed by atoms with van der Waals surface area (Å²) in [7, 11) is 0. The fourth-order valence-corrected chi connectivity index (χ4v) is 3.79. The molecule has 1 aliphatic carbocycles. The van der Waals surface area contributed by atoms with Crippen LogP contribution in [-0.4, -0.2) is 9.97 Å². The molecule has 0 spiro atoms. The standard InChI is InChI=1S/C24H21ClN2O/c1-14-3-10-19(11-15(14)2)28-24-26-22-12-20(21(25)13-23(22)27-24)18-8-6-17(7-9-18)16-4-5-16/h3,6-13,16H,4-5H2,1-2H3,(H,26,27). The van der Waals surface area contributed by atoms with Crippen LogP contribution in [0.15, 0.2) is 54.6 Å². The lowest BCUT2D eigenvalue weighted by molar-refractivity contribution is 0.449. The summed E-state index contributed by atoms with van der Waals surface area (Å²) in [5.41, 5.74) is 7.64. The number of rotatable bonds is 4. The van der Waals surface area contributed by atoms with Crippen molar-refractivity contribution in [1.29, 1.82) is 0 Å². The van der Waals surface area contributed by atoms with Crippen molar-refractivity contribution < 1.29 is 4.74 Å². The van der Waals surface area contributed by atoms with E-state index >= 15 is 0 Å². The lowest BCUT2D eigenvalue weighted by atomic mass is 10.0. The predicted octanol–water partition coefficient (Wildman–Crippen LogP) is 7.17. The Morgan fingerprint density at radius 2 is 1.75 bits per heavy atom. The quantitative estimate of drug-likeness (QED) is 0.402.